The molecule has 3 N–H and O–H groups in total. The molecule has 9 heteroatoms. The first-order chi connectivity index (χ1) is 16.5. The van der Waals surface area contributed by atoms with Crippen molar-refractivity contribution in [3.05, 3.63) is 77.8 Å². The normalized spacial score (nSPS) is 11.6. The predicted molar refractivity (Wildman–Crippen MR) is 129 cm³/mol. The number of furan rings is 1. The van der Waals surface area contributed by atoms with Crippen LogP contribution in [0.25, 0.3) is 11.1 Å². The van der Waals surface area contributed by atoms with Crippen LogP contribution in [0.3, 0.4) is 0 Å². The maximum Gasteiger partial charge on any atom is 0.694 e. The third kappa shape index (κ3) is 8.29. The van der Waals surface area contributed by atoms with Gasteiger partial charge in [0.05, 0.1) is 12.5 Å². The second kappa shape index (κ2) is 13.9. The fourth-order valence-corrected chi connectivity index (χ4v) is 3.95. The molecule has 0 fully saturated rings. The molecule has 0 aliphatic heterocycles. The topological polar surface area (TPSA) is 83.7 Å². The molecule has 0 radical (unpaired) electrons. The van der Waals surface area contributed by atoms with E-state index in [1.54, 1.807) is 24.7 Å². The summed E-state index contributed by atoms with van der Waals surface area (Å²) in [6, 6.07) is 12.0. The third-order valence-electron chi connectivity index (χ3n) is 5.43. The average Bonchev–Trinajstić information content (AvgIpc) is 3.35. The van der Waals surface area contributed by atoms with Crippen LogP contribution < -0.4 is 10.6 Å². The number of hydrogen-bond donors (Lipinski definition) is 3. The van der Waals surface area contributed by atoms with Gasteiger partial charge in [0.1, 0.15) is 18.2 Å². The molecule has 1 aromatic heterocycles. The van der Waals surface area contributed by atoms with E-state index in [1.807, 2.05) is 18.2 Å². The van der Waals surface area contributed by atoms with Crippen LogP contribution in [-0.4, -0.2) is 24.6 Å². The zero-order chi connectivity index (χ0) is 24.2. The minimum atomic E-state index is -2.59. The Balaban J connectivity index is 1.51. The summed E-state index contributed by atoms with van der Waals surface area (Å²) in [4.78, 5) is 8.62. The van der Waals surface area contributed by atoms with Crippen LogP contribution in [0.1, 0.15) is 36.8 Å². The molecule has 0 saturated heterocycles. The number of benzene rings is 2. The summed E-state index contributed by atoms with van der Waals surface area (Å²) in [6.07, 6.45) is 7.14. The number of hydrogen-bond acceptors (Lipinski definition) is 5. The highest BCUT2D eigenvalue weighted by atomic mass is 31.1. The fourth-order valence-electron chi connectivity index (χ4n) is 3.66. The van der Waals surface area contributed by atoms with Crippen LogP contribution in [0.15, 0.2) is 59.4 Å². The van der Waals surface area contributed by atoms with Crippen molar-refractivity contribution in [2.75, 3.05) is 25.0 Å². The Bertz CT molecular complexity index is 1050. The molecule has 0 aliphatic rings. The Kier molecular flexibility index (Phi) is 10.6. The number of nitrogens with one attached hydrogen (secondary N) is 2. The molecule has 2 aromatic carbocycles. The van der Waals surface area contributed by atoms with Crippen molar-refractivity contribution < 1.29 is 27.2 Å². The van der Waals surface area contributed by atoms with Crippen molar-refractivity contribution in [3.63, 3.8) is 0 Å². The number of rotatable bonds is 15. The lowest BCUT2D eigenvalue weighted by Crippen LogP contribution is -2.17. The Morgan fingerprint density at radius 3 is 2.59 bits per heavy atom. The Morgan fingerprint density at radius 1 is 0.971 bits per heavy atom. The minimum absolute atomic E-state index is 0.157. The van der Waals surface area contributed by atoms with Crippen molar-refractivity contribution in [1.29, 1.82) is 0 Å². The van der Waals surface area contributed by atoms with Crippen molar-refractivity contribution in [1.82, 2.24) is 5.32 Å². The molecular weight excluding hydrogens is 461 g/mol. The Morgan fingerprint density at radius 2 is 1.82 bits per heavy atom. The molecule has 1 heterocycles. The van der Waals surface area contributed by atoms with Crippen LogP contribution in [0.4, 0.5) is 14.5 Å². The largest absolute Gasteiger partial charge is 0.694 e. The van der Waals surface area contributed by atoms with Gasteiger partial charge in [-0.25, -0.2) is 8.78 Å². The van der Waals surface area contributed by atoms with E-state index in [2.05, 4.69) is 15.2 Å². The predicted octanol–water partition coefficient (Wildman–Crippen LogP) is 6.20. The zero-order valence-corrected chi connectivity index (χ0v) is 19.8. The summed E-state index contributed by atoms with van der Waals surface area (Å²) in [5.74, 6) is -0.484. The van der Waals surface area contributed by atoms with Crippen LogP contribution in [0.2, 0.25) is 0 Å². The van der Waals surface area contributed by atoms with Crippen molar-refractivity contribution in [3.8, 4) is 11.1 Å². The highest BCUT2D eigenvalue weighted by Gasteiger charge is 2.13. The minimum Gasteiger partial charge on any atom is -0.472 e. The molecule has 1 unspecified atom stereocenters. The van der Waals surface area contributed by atoms with Gasteiger partial charge in [-0.15, -0.1) is 9.42 Å². The summed E-state index contributed by atoms with van der Waals surface area (Å²) >= 11 is 0. The fraction of sp³-hybridized carbons (Fsp3) is 0.360. The lowest BCUT2D eigenvalue weighted by molar-refractivity contribution is 0.276. The van der Waals surface area contributed by atoms with Gasteiger partial charge in [-0.1, -0.05) is 24.6 Å². The first kappa shape index (κ1) is 26.0. The number of halogens is 2. The molecule has 3 aromatic rings. The number of unbranched alkanes of at least 4 members (excludes halogenated alkanes) is 2. The number of aryl methyl sites for hydroxylation is 1. The van der Waals surface area contributed by atoms with Gasteiger partial charge in [-0.05, 0) is 62.1 Å². The number of anilines is 1. The first-order valence-electron chi connectivity index (χ1n) is 11.4. The maximum absolute atomic E-state index is 14.8. The molecule has 34 heavy (non-hydrogen) atoms. The second-order valence-corrected chi connectivity index (χ2v) is 8.67. The Hall–Kier alpha value is -2.64. The van der Waals surface area contributed by atoms with Crippen LogP contribution >= 0.6 is 8.25 Å². The smallest absolute Gasteiger partial charge is 0.472 e. The van der Waals surface area contributed by atoms with Crippen LogP contribution in [-0.2, 0) is 22.1 Å². The lowest BCUT2D eigenvalue weighted by atomic mass is 10.0. The van der Waals surface area contributed by atoms with E-state index in [0.717, 1.165) is 36.0 Å². The van der Waals surface area contributed by atoms with Crippen LogP contribution in [0, 0.1) is 11.6 Å². The highest BCUT2D eigenvalue weighted by Crippen LogP contribution is 2.31. The summed E-state index contributed by atoms with van der Waals surface area (Å²) < 4.78 is 48.8. The summed E-state index contributed by atoms with van der Waals surface area (Å²) in [6.45, 7) is 1.67. The zero-order valence-electron chi connectivity index (χ0n) is 18.9. The molecule has 1 atom stereocenters. The first-order valence-corrected chi connectivity index (χ1v) is 12.5. The quantitative estimate of drug-likeness (QED) is 0.174. The monoisotopic (exact) mass is 491 g/mol. The van der Waals surface area contributed by atoms with Gasteiger partial charge in [-0.3, -0.25) is 0 Å². The van der Waals surface area contributed by atoms with Gasteiger partial charge in [0.15, 0.2) is 0 Å². The summed E-state index contributed by atoms with van der Waals surface area (Å²) in [7, 11) is -2.59. The summed E-state index contributed by atoms with van der Waals surface area (Å²) in [5, 5.41) is 6.46. The molecule has 0 spiro atoms. The van der Waals surface area contributed by atoms with Gasteiger partial charge in [0.2, 0.25) is 0 Å². The molecule has 6 nitrogen and oxygen atoms in total. The van der Waals surface area contributed by atoms with Gasteiger partial charge < -0.3 is 15.1 Å². The lowest BCUT2D eigenvalue weighted by Gasteiger charge is -2.15. The average molecular weight is 491 g/mol. The van der Waals surface area contributed by atoms with E-state index in [0.29, 0.717) is 43.7 Å². The van der Waals surface area contributed by atoms with Crippen molar-refractivity contribution in [2.24, 2.45) is 0 Å². The third-order valence-corrected chi connectivity index (χ3v) is 5.83. The molecule has 182 valence electrons. The van der Waals surface area contributed by atoms with Gasteiger partial charge in [-0.2, -0.15) is 0 Å². The molecule has 3 rings (SSSR count). The standard InChI is InChI=1S/C25H29F2N2O4P/c26-23-9-4-3-8-19(23)7-2-1-5-12-29-25-16-24(27)21(15-22(25)20-10-14-32-18-20)17-28-11-6-13-33-34(30)31/h3-4,8-10,14-16,18,28-29H,1-2,5-7,11-13,17H2/p+1. The van der Waals surface area contributed by atoms with E-state index in [-0.39, 0.29) is 18.2 Å². The van der Waals surface area contributed by atoms with E-state index < -0.39 is 8.25 Å². The van der Waals surface area contributed by atoms with E-state index in [4.69, 9.17) is 9.31 Å². The molecule has 0 bridgehead atoms. The van der Waals surface area contributed by atoms with Crippen molar-refractivity contribution in [2.45, 2.75) is 38.6 Å². The molecular formula is C25H30F2N2O4P+. The van der Waals surface area contributed by atoms with Crippen LogP contribution in [0.5, 0.6) is 0 Å². The Labute approximate surface area is 199 Å². The molecule has 0 saturated carbocycles. The van der Waals surface area contributed by atoms with E-state index >= 15 is 0 Å². The van der Waals surface area contributed by atoms with E-state index in [1.165, 1.54) is 12.1 Å². The maximum atomic E-state index is 14.8. The molecule has 0 amide bonds. The SMILES string of the molecule is O=[P+](O)OCCCNCc1cc(-c2ccoc2)c(NCCCCCc2ccccc2F)cc1F. The summed E-state index contributed by atoms with van der Waals surface area (Å²) in [5.41, 5.74) is 3.64. The second-order valence-electron chi connectivity index (χ2n) is 7.93. The van der Waals surface area contributed by atoms with Gasteiger partial charge >= 0.3 is 8.25 Å². The van der Waals surface area contributed by atoms with Gasteiger partial charge in [0.25, 0.3) is 0 Å². The van der Waals surface area contributed by atoms with E-state index in [9.17, 15) is 13.3 Å². The highest BCUT2D eigenvalue weighted by molar-refractivity contribution is 7.32. The van der Waals surface area contributed by atoms with Crippen molar-refractivity contribution >= 4 is 13.9 Å². The van der Waals surface area contributed by atoms with Gasteiger partial charge in [0, 0.05) is 40.0 Å². The molecule has 0 aliphatic carbocycles.